The van der Waals surface area contributed by atoms with Crippen molar-refractivity contribution in [3.8, 4) is 5.75 Å². The Morgan fingerprint density at radius 1 is 1.52 bits per heavy atom. The summed E-state index contributed by atoms with van der Waals surface area (Å²) in [6.45, 7) is 2.79. The molecule has 0 saturated heterocycles. The first-order valence-corrected chi connectivity index (χ1v) is 7.76. The van der Waals surface area contributed by atoms with Gasteiger partial charge in [0.1, 0.15) is 5.75 Å². The van der Waals surface area contributed by atoms with Crippen molar-refractivity contribution in [1.82, 2.24) is 5.32 Å². The molecule has 1 unspecified atom stereocenters. The minimum absolute atomic E-state index is 0.131. The quantitative estimate of drug-likeness (QED) is 0.556. The molecule has 0 heterocycles. The van der Waals surface area contributed by atoms with E-state index in [1.807, 2.05) is 25.1 Å². The average Bonchev–Trinajstić information content (AvgIpc) is 2.49. The zero-order valence-corrected chi connectivity index (χ0v) is 14.0. The standard InChI is InChI=1S/C16H22BrNO3/c1-12(11-19)4-3-9-18-16(20)8-5-13-10-14(17)6-7-15(13)21-2/h5-8,10,12,19H,3-4,9,11H2,1-2H3,(H,18,20)/b8-5+. The van der Waals surface area contributed by atoms with Crippen LogP contribution in [0, 0.1) is 5.92 Å². The molecule has 0 aliphatic carbocycles. The number of rotatable bonds is 8. The maximum atomic E-state index is 11.7. The van der Waals surface area contributed by atoms with Crippen LogP contribution < -0.4 is 10.1 Å². The number of aliphatic hydroxyl groups is 1. The molecule has 4 nitrogen and oxygen atoms in total. The first-order chi connectivity index (χ1) is 10.1. The van der Waals surface area contributed by atoms with Crippen LogP contribution in [0.1, 0.15) is 25.3 Å². The van der Waals surface area contributed by atoms with Crippen molar-refractivity contribution < 1.29 is 14.6 Å². The van der Waals surface area contributed by atoms with E-state index in [4.69, 9.17) is 9.84 Å². The second kappa shape index (κ2) is 9.58. The van der Waals surface area contributed by atoms with Crippen molar-refractivity contribution in [2.75, 3.05) is 20.3 Å². The van der Waals surface area contributed by atoms with Gasteiger partial charge in [0.25, 0.3) is 0 Å². The fourth-order valence-electron chi connectivity index (χ4n) is 1.81. The Bertz CT molecular complexity index is 488. The van der Waals surface area contributed by atoms with Crippen LogP contribution in [-0.2, 0) is 4.79 Å². The molecule has 0 aliphatic heterocycles. The number of halogens is 1. The topological polar surface area (TPSA) is 58.6 Å². The summed E-state index contributed by atoms with van der Waals surface area (Å²) in [7, 11) is 1.60. The van der Waals surface area contributed by atoms with E-state index < -0.39 is 0 Å². The first kappa shape index (κ1) is 17.7. The van der Waals surface area contributed by atoms with Gasteiger partial charge in [0, 0.05) is 29.3 Å². The molecule has 0 radical (unpaired) electrons. The Kier molecular flexibility index (Phi) is 8.08. The fraction of sp³-hybridized carbons (Fsp3) is 0.438. The molecule has 1 atom stereocenters. The Morgan fingerprint density at radius 2 is 2.29 bits per heavy atom. The number of carbonyl (C=O) groups is 1. The molecule has 0 aromatic heterocycles. The molecule has 0 saturated carbocycles. The van der Waals surface area contributed by atoms with E-state index in [2.05, 4.69) is 21.2 Å². The molecular weight excluding hydrogens is 334 g/mol. The lowest BCUT2D eigenvalue weighted by atomic mass is 10.1. The molecular formula is C16H22BrNO3. The SMILES string of the molecule is COc1ccc(Br)cc1/C=C/C(=O)NCCCC(C)CO. The third-order valence-corrected chi connectivity index (χ3v) is 3.58. The van der Waals surface area contributed by atoms with E-state index in [9.17, 15) is 4.79 Å². The molecule has 0 aliphatic rings. The predicted octanol–water partition coefficient (Wildman–Crippen LogP) is 3.00. The average molecular weight is 356 g/mol. The second-order valence-electron chi connectivity index (χ2n) is 4.94. The van der Waals surface area contributed by atoms with Crippen molar-refractivity contribution in [1.29, 1.82) is 0 Å². The predicted molar refractivity (Wildman–Crippen MR) is 88.2 cm³/mol. The normalized spacial score (nSPS) is 12.4. The Labute approximate surface area is 134 Å². The number of carbonyl (C=O) groups excluding carboxylic acids is 1. The van der Waals surface area contributed by atoms with Crippen LogP contribution >= 0.6 is 15.9 Å². The first-order valence-electron chi connectivity index (χ1n) is 6.97. The highest BCUT2D eigenvalue weighted by atomic mass is 79.9. The Morgan fingerprint density at radius 3 is 2.95 bits per heavy atom. The smallest absolute Gasteiger partial charge is 0.244 e. The Balaban J connectivity index is 2.45. The second-order valence-corrected chi connectivity index (χ2v) is 5.86. The Hall–Kier alpha value is -1.33. The lowest BCUT2D eigenvalue weighted by Crippen LogP contribution is -2.22. The van der Waals surface area contributed by atoms with Gasteiger partial charge < -0.3 is 15.2 Å². The van der Waals surface area contributed by atoms with Gasteiger partial charge >= 0.3 is 0 Å². The van der Waals surface area contributed by atoms with Crippen LogP contribution in [-0.4, -0.2) is 31.3 Å². The molecule has 116 valence electrons. The number of aliphatic hydroxyl groups excluding tert-OH is 1. The summed E-state index contributed by atoms with van der Waals surface area (Å²) in [6, 6.07) is 5.63. The third-order valence-electron chi connectivity index (χ3n) is 3.09. The monoisotopic (exact) mass is 355 g/mol. The van der Waals surface area contributed by atoms with E-state index >= 15 is 0 Å². The number of methoxy groups -OCH3 is 1. The maximum absolute atomic E-state index is 11.7. The third kappa shape index (κ3) is 6.78. The molecule has 2 N–H and O–H groups in total. The molecule has 0 bridgehead atoms. The van der Waals surface area contributed by atoms with Gasteiger partial charge in [-0.1, -0.05) is 22.9 Å². The minimum Gasteiger partial charge on any atom is -0.496 e. The van der Waals surface area contributed by atoms with Crippen molar-refractivity contribution >= 4 is 27.9 Å². The van der Waals surface area contributed by atoms with Gasteiger partial charge in [0.05, 0.1) is 7.11 Å². The highest BCUT2D eigenvalue weighted by Crippen LogP contribution is 2.23. The minimum atomic E-state index is -0.131. The van der Waals surface area contributed by atoms with Gasteiger partial charge in [-0.25, -0.2) is 0 Å². The van der Waals surface area contributed by atoms with Crippen molar-refractivity contribution in [3.63, 3.8) is 0 Å². The summed E-state index contributed by atoms with van der Waals surface area (Å²) in [5.41, 5.74) is 0.843. The highest BCUT2D eigenvalue weighted by Gasteiger charge is 2.02. The van der Waals surface area contributed by atoms with Crippen molar-refractivity contribution in [3.05, 3.63) is 34.3 Å². The molecule has 1 amide bonds. The maximum Gasteiger partial charge on any atom is 0.244 e. The number of hydrogen-bond donors (Lipinski definition) is 2. The van der Waals surface area contributed by atoms with Crippen LogP contribution in [0.4, 0.5) is 0 Å². The number of nitrogens with one attached hydrogen (secondary N) is 1. The van der Waals surface area contributed by atoms with Crippen LogP contribution in [0.5, 0.6) is 5.75 Å². The summed E-state index contributed by atoms with van der Waals surface area (Å²) < 4.78 is 6.17. The summed E-state index contributed by atoms with van der Waals surface area (Å²) in [6.07, 6.45) is 5.00. The van der Waals surface area contributed by atoms with E-state index in [0.717, 1.165) is 28.6 Å². The van der Waals surface area contributed by atoms with Gasteiger partial charge in [-0.15, -0.1) is 0 Å². The summed E-state index contributed by atoms with van der Waals surface area (Å²) in [5, 5.41) is 11.7. The van der Waals surface area contributed by atoms with Crippen LogP contribution in [0.3, 0.4) is 0 Å². The van der Waals surface area contributed by atoms with E-state index in [1.54, 1.807) is 13.2 Å². The summed E-state index contributed by atoms with van der Waals surface area (Å²) >= 11 is 3.39. The summed E-state index contributed by atoms with van der Waals surface area (Å²) in [4.78, 5) is 11.7. The number of amides is 1. The largest absolute Gasteiger partial charge is 0.496 e. The van der Waals surface area contributed by atoms with Crippen LogP contribution in [0.2, 0.25) is 0 Å². The molecule has 1 aromatic carbocycles. The zero-order chi connectivity index (χ0) is 15.7. The van der Waals surface area contributed by atoms with Crippen molar-refractivity contribution in [2.24, 2.45) is 5.92 Å². The molecule has 1 rings (SSSR count). The van der Waals surface area contributed by atoms with Gasteiger partial charge in [0.15, 0.2) is 0 Å². The lowest BCUT2D eigenvalue weighted by Gasteiger charge is -2.07. The number of hydrogen-bond acceptors (Lipinski definition) is 3. The van der Waals surface area contributed by atoms with E-state index in [0.29, 0.717) is 6.54 Å². The highest BCUT2D eigenvalue weighted by molar-refractivity contribution is 9.10. The van der Waals surface area contributed by atoms with Crippen LogP contribution in [0.15, 0.2) is 28.7 Å². The number of benzene rings is 1. The van der Waals surface area contributed by atoms with E-state index in [1.165, 1.54) is 6.08 Å². The van der Waals surface area contributed by atoms with Gasteiger partial charge in [0.2, 0.25) is 5.91 Å². The molecule has 0 fully saturated rings. The van der Waals surface area contributed by atoms with Gasteiger partial charge in [-0.2, -0.15) is 0 Å². The lowest BCUT2D eigenvalue weighted by molar-refractivity contribution is -0.116. The van der Waals surface area contributed by atoms with Crippen molar-refractivity contribution in [2.45, 2.75) is 19.8 Å². The molecule has 5 heteroatoms. The molecule has 1 aromatic rings. The van der Waals surface area contributed by atoms with Crippen LogP contribution in [0.25, 0.3) is 6.08 Å². The fourth-order valence-corrected chi connectivity index (χ4v) is 2.19. The summed E-state index contributed by atoms with van der Waals surface area (Å²) in [5.74, 6) is 0.871. The number of ether oxygens (including phenoxy) is 1. The van der Waals surface area contributed by atoms with E-state index in [-0.39, 0.29) is 18.4 Å². The molecule has 0 spiro atoms. The van der Waals surface area contributed by atoms with Gasteiger partial charge in [-0.05, 0) is 43.0 Å². The zero-order valence-electron chi connectivity index (χ0n) is 12.4. The molecule has 21 heavy (non-hydrogen) atoms. The van der Waals surface area contributed by atoms with Gasteiger partial charge in [-0.3, -0.25) is 4.79 Å².